The molecule has 2 rings (SSSR count). The summed E-state index contributed by atoms with van der Waals surface area (Å²) in [4.78, 5) is 24.1. The van der Waals surface area contributed by atoms with E-state index in [1.54, 1.807) is 25.1 Å². The van der Waals surface area contributed by atoms with Gasteiger partial charge in [0.25, 0.3) is 11.6 Å². The monoisotopic (exact) mass is 275 g/mol. The number of hydrogen-bond donors (Lipinski definition) is 2. The Morgan fingerprint density at radius 1 is 1.45 bits per heavy atom. The van der Waals surface area contributed by atoms with Gasteiger partial charge in [0.1, 0.15) is 5.69 Å². The van der Waals surface area contributed by atoms with Gasteiger partial charge in [-0.05, 0) is 12.1 Å². The van der Waals surface area contributed by atoms with Crippen molar-refractivity contribution in [3.8, 4) is 0 Å². The quantitative estimate of drug-likeness (QED) is 0.652. The number of amides is 1. The number of rotatable bonds is 4. The fourth-order valence-corrected chi connectivity index (χ4v) is 1.71. The second-order valence-corrected chi connectivity index (χ2v) is 4.30. The molecule has 0 aliphatic carbocycles. The van der Waals surface area contributed by atoms with E-state index in [1.165, 1.54) is 24.5 Å². The molecule has 2 aromatic rings. The van der Waals surface area contributed by atoms with Crippen molar-refractivity contribution < 1.29 is 9.72 Å². The molecule has 0 aliphatic heterocycles. The van der Waals surface area contributed by atoms with Gasteiger partial charge in [-0.3, -0.25) is 20.0 Å². The average Bonchev–Trinajstić information content (AvgIpc) is 2.90. The standard InChI is InChI=1S/C12H13N5O3/c1-16(2)10-4-3-8(5-11(10)17(19)20)12(18)15-9-6-13-14-7-9/h3-7H,1-2H3,(H,13,14)(H,15,18). The summed E-state index contributed by atoms with van der Waals surface area (Å²) in [7, 11) is 3.40. The molecule has 0 saturated carbocycles. The van der Waals surface area contributed by atoms with Gasteiger partial charge in [-0.15, -0.1) is 0 Å². The molecule has 1 heterocycles. The van der Waals surface area contributed by atoms with Crippen LogP contribution in [0.1, 0.15) is 10.4 Å². The number of nitrogens with one attached hydrogen (secondary N) is 2. The molecule has 0 bridgehead atoms. The largest absolute Gasteiger partial charge is 0.372 e. The summed E-state index contributed by atoms with van der Waals surface area (Å²) in [5.41, 5.74) is 1.03. The number of carbonyl (C=O) groups excluding carboxylic acids is 1. The van der Waals surface area contributed by atoms with Gasteiger partial charge in [-0.25, -0.2) is 0 Å². The molecule has 1 amide bonds. The molecular formula is C12H13N5O3. The van der Waals surface area contributed by atoms with Gasteiger partial charge in [0, 0.05) is 31.9 Å². The Kier molecular flexibility index (Phi) is 3.65. The van der Waals surface area contributed by atoms with Gasteiger partial charge in [0.15, 0.2) is 0 Å². The lowest BCUT2D eigenvalue weighted by Gasteiger charge is -2.13. The summed E-state index contributed by atoms with van der Waals surface area (Å²) in [5, 5.41) is 19.9. The first-order valence-corrected chi connectivity index (χ1v) is 5.75. The van der Waals surface area contributed by atoms with E-state index in [4.69, 9.17) is 0 Å². The van der Waals surface area contributed by atoms with Crippen LogP contribution in [0.15, 0.2) is 30.6 Å². The fraction of sp³-hybridized carbons (Fsp3) is 0.167. The molecule has 20 heavy (non-hydrogen) atoms. The number of anilines is 2. The van der Waals surface area contributed by atoms with Crippen LogP contribution >= 0.6 is 0 Å². The van der Waals surface area contributed by atoms with E-state index in [1.807, 2.05) is 0 Å². The molecule has 0 spiro atoms. The fourth-order valence-electron chi connectivity index (χ4n) is 1.71. The number of hydrogen-bond acceptors (Lipinski definition) is 5. The lowest BCUT2D eigenvalue weighted by Crippen LogP contribution is -2.14. The minimum absolute atomic E-state index is 0.116. The Labute approximate surface area is 114 Å². The predicted octanol–water partition coefficient (Wildman–Crippen LogP) is 1.64. The van der Waals surface area contributed by atoms with Crippen molar-refractivity contribution >= 4 is 23.0 Å². The van der Waals surface area contributed by atoms with Crippen molar-refractivity contribution in [1.82, 2.24) is 10.2 Å². The lowest BCUT2D eigenvalue weighted by molar-refractivity contribution is -0.384. The first-order valence-electron chi connectivity index (χ1n) is 5.75. The number of aromatic nitrogens is 2. The van der Waals surface area contributed by atoms with Crippen molar-refractivity contribution in [3.05, 3.63) is 46.3 Å². The highest BCUT2D eigenvalue weighted by atomic mass is 16.6. The van der Waals surface area contributed by atoms with Crippen molar-refractivity contribution in [2.45, 2.75) is 0 Å². The first-order chi connectivity index (χ1) is 9.49. The van der Waals surface area contributed by atoms with E-state index in [-0.39, 0.29) is 11.3 Å². The van der Waals surface area contributed by atoms with Crippen molar-refractivity contribution in [2.75, 3.05) is 24.3 Å². The zero-order chi connectivity index (χ0) is 14.7. The number of carbonyl (C=O) groups is 1. The summed E-state index contributed by atoms with van der Waals surface area (Å²) >= 11 is 0. The molecular weight excluding hydrogens is 262 g/mol. The summed E-state index contributed by atoms with van der Waals surface area (Å²) in [6.07, 6.45) is 2.96. The Morgan fingerprint density at radius 2 is 2.20 bits per heavy atom. The Bertz CT molecular complexity index is 637. The van der Waals surface area contributed by atoms with Gasteiger partial charge < -0.3 is 10.2 Å². The molecule has 1 aromatic heterocycles. The topological polar surface area (TPSA) is 104 Å². The molecule has 0 saturated heterocycles. The molecule has 0 radical (unpaired) electrons. The SMILES string of the molecule is CN(C)c1ccc(C(=O)Nc2cn[nH]c2)cc1[N+](=O)[O-]. The van der Waals surface area contributed by atoms with Crippen molar-refractivity contribution in [3.63, 3.8) is 0 Å². The molecule has 2 N–H and O–H groups in total. The van der Waals surface area contributed by atoms with E-state index < -0.39 is 10.8 Å². The third kappa shape index (κ3) is 2.74. The number of benzene rings is 1. The summed E-state index contributed by atoms with van der Waals surface area (Å²) in [6.45, 7) is 0. The van der Waals surface area contributed by atoms with Crippen LogP contribution in [-0.4, -0.2) is 35.1 Å². The third-order valence-electron chi connectivity index (χ3n) is 2.67. The van der Waals surface area contributed by atoms with Crippen LogP contribution < -0.4 is 10.2 Å². The van der Waals surface area contributed by atoms with Crippen LogP contribution in [0.5, 0.6) is 0 Å². The molecule has 0 unspecified atom stereocenters. The minimum atomic E-state index is -0.510. The zero-order valence-corrected chi connectivity index (χ0v) is 11.0. The molecule has 1 aromatic carbocycles. The maximum Gasteiger partial charge on any atom is 0.293 e. The minimum Gasteiger partial charge on any atom is -0.372 e. The Hall–Kier alpha value is -2.90. The van der Waals surface area contributed by atoms with Gasteiger partial charge in [0.05, 0.1) is 16.8 Å². The number of nitro groups is 1. The highest BCUT2D eigenvalue weighted by Gasteiger charge is 2.18. The van der Waals surface area contributed by atoms with E-state index in [9.17, 15) is 14.9 Å². The first kappa shape index (κ1) is 13.5. The van der Waals surface area contributed by atoms with E-state index >= 15 is 0 Å². The van der Waals surface area contributed by atoms with Crippen LogP contribution in [0.4, 0.5) is 17.1 Å². The van der Waals surface area contributed by atoms with Crippen LogP contribution in [0, 0.1) is 10.1 Å². The van der Waals surface area contributed by atoms with Crippen molar-refractivity contribution in [1.29, 1.82) is 0 Å². The average molecular weight is 275 g/mol. The number of nitrogens with zero attached hydrogens (tertiary/aromatic N) is 3. The molecule has 104 valence electrons. The van der Waals surface area contributed by atoms with E-state index in [0.29, 0.717) is 11.4 Å². The number of aromatic amines is 1. The maximum absolute atomic E-state index is 12.0. The summed E-state index contributed by atoms with van der Waals surface area (Å²) < 4.78 is 0. The zero-order valence-electron chi connectivity index (χ0n) is 11.0. The van der Waals surface area contributed by atoms with Gasteiger partial charge in [-0.1, -0.05) is 0 Å². The normalized spacial score (nSPS) is 10.1. The van der Waals surface area contributed by atoms with Crippen molar-refractivity contribution in [2.24, 2.45) is 0 Å². The molecule has 8 nitrogen and oxygen atoms in total. The highest BCUT2D eigenvalue weighted by molar-refractivity contribution is 6.05. The van der Waals surface area contributed by atoms with E-state index in [2.05, 4.69) is 15.5 Å². The number of nitro benzene ring substituents is 1. The third-order valence-corrected chi connectivity index (χ3v) is 2.67. The summed E-state index contributed by atoms with van der Waals surface area (Å²) in [6, 6.07) is 4.34. The van der Waals surface area contributed by atoms with E-state index in [0.717, 1.165) is 0 Å². The molecule has 0 aliphatic rings. The molecule has 0 fully saturated rings. The van der Waals surface area contributed by atoms with Crippen LogP contribution in [-0.2, 0) is 0 Å². The second kappa shape index (κ2) is 5.39. The number of H-pyrrole nitrogens is 1. The Balaban J connectivity index is 2.31. The highest BCUT2D eigenvalue weighted by Crippen LogP contribution is 2.27. The molecule has 0 atom stereocenters. The maximum atomic E-state index is 12.0. The summed E-state index contributed by atoms with van der Waals surface area (Å²) in [5.74, 6) is -0.431. The van der Waals surface area contributed by atoms with Crippen LogP contribution in [0.25, 0.3) is 0 Å². The van der Waals surface area contributed by atoms with Gasteiger partial charge >= 0.3 is 0 Å². The predicted molar refractivity (Wildman–Crippen MR) is 74.0 cm³/mol. The van der Waals surface area contributed by atoms with Gasteiger partial charge in [-0.2, -0.15) is 5.10 Å². The lowest BCUT2D eigenvalue weighted by atomic mass is 10.1. The van der Waals surface area contributed by atoms with Gasteiger partial charge in [0.2, 0.25) is 0 Å². The molecule has 8 heteroatoms. The smallest absolute Gasteiger partial charge is 0.293 e. The Morgan fingerprint density at radius 3 is 2.75 bits per heavy atom. The second-order valence-electron chi connectivity index (χ2n) is 4.30. The van der Waals surface area contributed by atoms with Crippen LogP contribution in [0.2, 0.25) is 0 Å². The van der Waals surface area contributed by atoms with Crippen LogP contribution in [0.3, 0.4) is 0 Å².